The fraction of sp³-hybridized carbons (Fsp3) is 0.422. The number of phenols is 1. The van der Waals surface area contributed by atoms with Crippen molar-refractivity contribution in [3.8, 4) is 33.3 Å². The molecule has 0 aliphatic carbocycles. The average Bonchev–Trinajstić information content (AvgIpc) is 4.05. The molecule has 0 bridgehead atoms. The van der Waals surface area contributed by atoms with Crippen LogP contribution >= 0.6 is 11.3 Å². The minimum Gasteiger partial charge on any atom is -0.507 e. The van der Waals surface area contributed by atoms with Gasteiger partial charge in [0.25, 0.3) is 5.88 Å². The number of fused-ring (bicyclic) bond motifs is 1. The molecule has 2 aliphatic rings. The van der Waals surface area contributed by atoms with Crippen LogP contribution in [0.25, 0.3) is 32.7 Å². The Kier molecular flexibility index (Phi) is 11.7. The lowest BCUT2D eigenvalue weighted by Gasteiger charge is -2.32. The Hall–Kier alpha value is -5.64. The number of ether oxygens (including phenoxy) is 1. The Labute approximate surface area is 353 Å². The molecule has 6 aromatic rings. The highest BCUT2D eigenvalue weighted by Gasteiger charge is 2.44. The minimum atomic E-state index is -0.849. The number of nitrogens with one attached hydrogen (secondary N) is 2. The molecule has 6 heterocycles. The van der Waals surface area contributed by atoms with E-state index in [1.165, 1.54) is 4.90 Å². The molecular weight excluding hydrogens is 781 g/mol. The summed E-state index contributed by atoms with van der Waals surface area (Å²) in [6, 6.07) is 20.1. The van der Waals surface area contributed by atoms with Crippen LogP contribution < -0.4 is 10.1 Å². The molecule has 0 radical (unpaired) electrons. The maximum atomic E-state index is 14.3. The number of carbonyl (C=O) groups is 2. The summed E-state index contributed by atoms with van der Waals surface area (Å²) < 4.78 is 11.8. The van der Waals surface area contributed by atoms with Crippen molar-refractivity contribution in [2.24, 2.45) is 5.92 Å². The number of H-pyrrole nitrogens is 1. The Balaban J connectivity index is 0.870. The molecular formula is C45H52N8O6S. The molecule has 8 rings (SSSR count). The number of hydrogen-bond acceptors (Lipinski definition) is 12. The van der Waals surface area contributed by atoms with Gasteiger partial charge in [0.15, 0.2) is 11.4 Å². The van der Waals surface area contributed by atoms with Crippen LogP contribution in [0.3, 0.4) is 0 Å². The van der Waals surface area contributed by atoms with Gasteiger partial charge >= 0.3 is 0 Å². The van der Waals surface area contributed by atoms with Gasteiger partial charge in [-0.25, -0.2) is 4.98 Å². The summed E-state index contributed by atoms with van der Waals surface area (Å²) in [5.74, 6) is -0.449. The van der Waals surface area contributed by atoms with Gasteiger partial charge in [0, 0.05) is 54.7 Å². The van der Waals surface area contributed by atoms with Gasteiger partial charge in [-0.3, -0.25) is 14.5 Å². The van der Waals surface area contributed by atoms with Crippen LogP contribution in [-0.4, -0.2) is 102 Å². The van der Waals surface area contributed by atoms with Gasteiger partial charge in [-0.05, 0) is 86.6 Å². The third kappa shape index (κ3) is 8.65. The van der Waals surface area contributed by atoms with Crippen molar-refractivity contribution in [1.29, 1.82) is 0 Å². The number of β-amino-alcohol motifs (C(OH)–C–C–N with tert-alkyl or cyclic N) is 1. The fourth-order valence-electron chi connectivity index (χ4n) is 8.57. The Morgan fingerprint density at radius 1 is 1.08 bits per heavy atom. The highest BCUT2D eigenvalue weighted by Crippen LogP contribution is 2.35. The van der Waals surface area contributed by atoms with Crippen LogP contribution in [0.1, 0.15) is 81.5 Å². The van der Waals surface area contributed by atoms with Crippen molar-refractivity contribution >= 4 is 34.2 Å². The number of piperidine rings is 1. The van der Waals surface area contributed by atoms with E-state index in [4.69, 9.17) is 9.26 Å². The third-order valence-electron chi connectivity index (χ3n) is 11.8. The highest BCUT2D eigenvalue weighted by molar-refractivity contribution is 7.13. The lowest BCUT2D eigenvalue weighted by atomic mass is 9.91. The molecule has 2 aliphatic heterocycles. The van der Waals surface area contributed by atoms with E-state index in [1.807, 2.05) is 82.6 Å². The van der Waals surface area contributed by atoms with E-state index in [1.54, 1.807) is 29.5 Å². The lowest BCUT2D eigenvalue weighted by Crippen LogP contribution is -2.52. The number of aliphatic hydroxyl groups is 1. The molecule has 14 nitrogen and oxygen atoms in total. The predicted molar refractivity (Wildman–Crippen MR) is 229 cm³/mol. The number of aromatic amines is 1. The minimum absolute atomic E-state index is 0.0446. The zero-order valence-corrected chi connectivity index (χ0v) is 35.4. The summed E-state index contributed by atoms with van der Waals surface area (Å²) in [7, 11) is 0. The van der Waals surface area contributed by atoms with Crippen LogP contribution in [0.5, 0.6) is 11.6 Å². The smallest absolute Gasteiger partial charge is 0.254 e. The van der Waals surface area contributed by atoms with Crippen molar-refractivity contribution in [1.82, 2.24) is 40.4 Å². The first-order chi connectivity index (χ1) is 28.8. The van der Waals surface area contributed by atoms with Crippen LogP contribution in [0.2, 0.25) is 0 Å². The number of nitrogens with zero attached hydrogens (tertiary/aromatic N) is 6. The summed E-state index contributed by atoms with van der Waals surface area (Å²) in [6.45, 7) is 12.6. The molecule has 2 amide bonds. The first-order valence-electron chi connectivity index (χ1n) is 20.6. The second kappa shape index (κ2) is 17.1. The van der Waals surface area contributed by atoms with Crippen molar-refractivity contribution in [3.63, 3.8) is 0 Å². The number of aryl methyl sites for hydroxylation is 1. The van der Waals surface area contributed by atoms with Crippen molar-refractivity contribution in [2.75, 3.05) is 32.8 Å². The molecule has 4 atom stereocenters. The van der Waals surface area contributed by atoms with E-state index in [0.717, 1.165) is 58.7 Å². The predicted octanol–water partition coefficient (Wildman–Crippen LogP) is 6.76. The van der Waals surface area contributed by atoms with E-state index in [9.17, 15) is 19.8 Å². The summed E-state index contributed by atoms with van der Waals surface area (Å²) in [5, 5.41) is 38.1. The van der Waals surface area contributed by atoms with Crippen molar-refractivity contribution in [2.45, 2.75) is 83.4 Å². The number of amides is 2. The zero-order valence-electron chi connectivity index (χ0n) is 34.6. The normalized spacial score (nSPS) is 19.2. The van der Waals surface area contributed by atoms with Gasteiger partial charge in [-0.15, -0.1) is 21.5 Å². The van der Waals surface area contributed by atoms with Gasteiger partial charge in [0.1, 0.15) is 24.3 Å². The van der Waals surface area contributed by atoms with Gasteiger partial charge in [-0.2, -0.15) is 0 Å². The number of carbonyl (C=O) groups excluding carboxylic acids is 2. The number of likely N-dealkylation sites (tertiary alicyclic amines) is 2. The number of para-hydroxylation sites is 1. The molecule has 2 fully saturated rings. The standard InChI is InChI=1S/C45H52N8O6S/c1-26(2)40(44(57)53-24-32(54)21-36(53)43(56)48-45(4,5)31-14-12-28(13-15-31)41-27(3)46-25-60-41)38-22-39(51-59-38)58-18-17-52-16-8-9-29(23-52)34-19-30-20-35(49-50-42(30)47-34)33-10-6-7-11-37(33)55/h6-7,10-15,19-20,22,25-26,29,32,36,40,54-55H,8-9,16-18,21,23-24H2,1-5H3,(H,47,50)(H,48,56)/t29-,32+,36-,40+/m0/s1. The number of hydrogen-bond donors (Lipinski definition) is 4. The fourth-order valence-corrected chi connectivity index (χ4v) is 9.39. The molecule has 4 aromatic heterocycles. The number of aromatic hydroxyl groups is 1. The van der Waals surface area contributed by atoms with Crippen LogP contribution in [0, 0.1) is 12.8 Å². The number of aliphatic hydroxyl groups excluding tert-OH is 1. The maximum absolute atomic E-state index is 14.3. The van der Waals surface area contributed by atoms with E-state index in [-0.39, 0.29) is 42.4 Å². The molecule has 4 N–H and O–H groups in total. The Morgan fingerprint density at radius 3 is 2.63 bits per heavy atom. The highest BCUT2D eigenvalue weighted by atomic mass is 32.1. The SMILES string of the molecule is Cc1ncsc1-c1ccc(C(C)(C)NC(=O)[C@@H]2C[C@@H](O)CN2C(=O)[C@@H](c2cc(OCCN3CCC[C@H](c4cc5cc(-c6ccccc6O)nnc5[nH]4)C3)no2)C(C)C)cc1. The topological polar surface area (TPSA) is 183 Å². The van der Waals surface area contributed by atoms with Gasteiger partial charge in [0.2, 0.25) is 11.8 Å². The second-order valence-electron chi connectivity index (χ2n) is 16.9. The first kappa shape index (κ1) is 41.1. The van der Waals surface area contributed by atoms with Crippen LogP contribution in [0.15, 0.2) is 76.8 Å². The van der Waals surface area contributed by atoms with Crippen molar-refractivity contribution in [3.05, 3.63) is 95.0 Å². The lowest BCUT2D eigenvalue weighted by molar-refractivity contribution is -0.141. The zero-order chi connectivity index (χ0) is 42.1. The van der Waals surface area contributed by atoms with Crippen molar-refractivity contribution < 1.29 is 29.1 Å². The molecule has 314 valence electrons. The van der Waals surface area contributed by atoms with E-state index in [0.29, 0.717) is 41.7 Å². The number of benzene rings is 2. The van der Waals surface area contributed by atoms with Crippen LogP contribution in [0.4, 0.5) is 0 Å². The first-order valence-corrected chi connectivity index (χ1v) is 21.5. The molecule has 0 unspecified atom stereocenters. The van der Waals surface area contributed by atoms with E-state index in [2.05, 4.69) is 41.6 Å². The molecule has 60 heavy (non-hydrogen) atoms. The summed E-state index contributed by atoms with van der Waals surface area (Å²) in [6.07, 6.45) is 1.37. The Bertz CT molecular complexity index is 2460. The molecule has 2 saturated heterocycles. The van der Waals surface area contributed by atoms with E-state index >= 15 is 0 Å². The Morgan fingerprint density at radius 2 is 1.88 bits per heavy atom. The summed E-state index contributed by atoms with van der Waals surface area (Å²) in [5.41, 5.74) is 7.13. The molecule has 2 aromatic carbocycles. The number of thiazole rings is 1. The van der Waals surface area contributed by atoms with Gasteiger partial charge in [0.05, 0.1) is 33.4 Å². The monoisotopic (exact) mass is 832 g/mol. The largest absolute Gasteiger partial charge is 0.507 e. The van der Waals surface area contributed by atoms with E-state index < -0.39 is 23.6 Å². The summed E-state index contributed by atoms with van der Waals surface area (Å²) >= 11 is 1.59. The van der Waals surface area contributed by atoms with Crippen LogP contribution in [-0.2, 0) is 15.1 Å². The van der Waals surface area contributed by atoms with Gasteiger partial charge in [-0.1, -0.05) is 50.2 Å². The third-order valence-corrected chi connectivity index (χ3v) is 12.8. The maximum Gasteiger partial charge on any atom is 0.254 e. The number of phenolic OH excluding ortho intramolecular Hbond substituents is 1. The quantitative estimate of drug-likeness (QED) is 0.0965. The average molecular weight is 833 g/mol. The second-order valence-corrected chi connectivity index (χ2v) is 17.8. The summed E-state index contributed by atoms with van der Waals surface area (Å²) in [4.78, 5) is 40.9. The number of aromatic nitrogens is 5. The molecule has 0 spiro atoms. The molecule has 0 saturated carbocycles. The van der Waals surface area contributed by atoms with Gasteiger partial charge < -0.3 is 34.7 Å². The number of rotatable bonds is 13. The molecule has 15 heteroatoms.